The minimum absolute atomic E-state index is 0.124. The van der Waals surface area contributed by atoms with Crippen molar-refractivity contribution >= 4 is 28.1 Å². The molecule has 0 N–H and O–H groups in total. The molecule has 0 aromatic heterocycles. The molecule has 0 bridgehead atoms. The molecule has 0 radical (unpaired) electrons. The number of carbonyl (C=O) groups is 1. The third-order valence-electron chi connectivity index (χ3n) is 4.75. The van der Waals surface area contributed by atoms with Gasteiger partial charge >= 0.3 is 0 Å². The summed E-state index contributed by atoms with van der Waals surface area (Å²) in [7, 11) is -3.51. The molecule has 0 unspecified atom stereocenters. The summed E-state index contributed by atoms with van der Waals surface area (Å²) >= 11 is 0. The van der Waals surface area contributed by atoms with Gasteiger partial charge in [-0.15, -0.1) is 0 Å². The van der Waals surface area contributed by atoms with E-state index in [-0.39, 0.29) is 19.0 Å². The minimum Gasteiger partial charge on any atom is -0.494 e. The van der Waals surface area contributed by atoms with E-state index in [4.69, 9.17) is 4.74 Å². The molecule has 1 saturated heterocycles. The van der Waals surface area contributed by atoms with E-state index in [2.05, 4.69) is 0 Å². The Balaban J connectivity index is 1.53. The van der Waals surface area contributed by atoms with E-state index in [1.54, 1.807) is 17.1 Å². The minimum atomic E-state index is -3.51. The van der Waals surface area contributed by atoms with Crippen molar-refractivity contribution in [1.82, 2.24) is 9.21 Å². The van der Waals surface area contributed by atoms with Crippen LogP contribution in [-0.4, -0.2) is 56.3 Å². The Morgan fingerprint density at radius 1 is 0.933 bits per heavy atom. The lowest BCUT2D eigenvalue weighted by Gasteiger charge is -2.32. The van der Waals surface area contributed by atoms with Crippen molar-refractivity contribution in [1.29, 1.82) is 0 Å². The van der Waals surface area contributed by atoms with Gasteiger partial charge in [0.2, 0.25) is 15.9 Å². The SMILES string of the molecule is CCOc1ccc(/C=C/C(=O)N2CCN(S(=O)(=O)/C=C/c3ccccc3)CC2)cc1. The zero-order chi connectivity index (χ0) is 21.4. The third kappa shape index (κ3) is 6.05. The Hall–Kier alpha value is -2.90. The van der Waals surface area contributed by atoms with E-state index in [0.717, 1.165) is 16.9 Å². The van der Waals surface area contributed by atoms with Crippen LogP contribution >= 0.6 is 0 Å². The van der Waals surface area contributed by atoms with Gasteiger partial charge in [0.15, 0.2) is 0 Å². The molecular formula is C23H26N2O4S. The topological polar surface area (TPSA) is 66.9 Å². The average Bonchev–Trinajstić information content (AvgIpc) is 2.78. The molecule has 1 aliphatic rings. The highest BCUT2D eigenvalue weighted by molar-refractivity contribution is 7.92. The lowest BCUT2D eigenvalue weighted by atomic mass is 10.2. The van der Waals surface area contributed by atoms with Crippen molar-refractivity contribution in [2.75, 3.05) is 32.8 Å². The highest BCUT2D eigenvalue weighted by atomic mass is 32.2. The highest BCUT2D eigenvalue weighted by Gasteiger charge is 2.26. The predicted molar refractivity (Wildman–Crippen MR) is 119 cm³/mol. The number of benzene rings is 2. The summed E-state index contributed by atoms with van der Waals surface area (Å²) in [6.07, 6.45) is 4.87. The van der Waals surface area contributed by atoms with Gasteiger partial charge in [0.05, 0.1) is 6.61 Å². The van der Waals surface area contributed by atoms with Crippen molar-refractivity contribution in [3.63, 3.8) is 0 Å². The number of nitrogens with zero attached hydrogens (tertiary/aromatic N) is 2. The summed E-state index contributed by atoms with van der Waals surface area (Å²) in [6, 6.07) is 16.8. The largest absolute Gasteiger partial charge is 0.494 e. The second-order valence-corrected chi connectivity index (χ2v) is 8.64. The zero-order valence-electron chi connectivity index (χ0n) is 17.0. The van der Waals surface area contributed by atoms with Gasteiger partial charge in [0.25, 0.3) is 0 Å². The van der Waals surface area contributed by atoms with E-state index >= 15 is 0 Å². The van der Waals surface area contributed by atoms with Crippen LogP contribution < -0.4 is 4.74 Å². The Morgan fingerprint density at radius 3 is 2.20 bits per heavy atom. The Kier molecular flexibility index (Phi) is 7.43. The van der Waals surface area contributed by atoms with Crippen molar-refractivity contribution < 1.29 is 17.9 Å². The first-order valence-corrected chi connectivity index (χ1v) is 11.4. The van der Waals surface area contributed by atoms with Gasteiger partial charge < -0.3 is 9.64 Å². The summed E-state index contributed by atoms with van der Waals surface area (Å²) in [4.78, 5) is 14.1. The Bertz CT molecular complexity index is 991. The van der Waals surface area contributed by atoms with Crippen molar-refractivity contribution in [2.45, 2.75) is 6.92 Å². The predicted octanol–water partition coefficient (Wildman–Crippen LogP) is 3.24. The number of hydrogen-bond acceptors (Lipinski definition) is 4. The summed E-state index contributed by atoms with van der Waals surface area (Å²) in [6.45, 7) is 3.83. The van der Waals surface area contributed by atoms with Gasteiger partial charge in [-0.2, -0.15) is 4.31 Å². The summed E-state index contributed by atoms with van der Waals surface area (Å²) in [5, 5.41) is 1.23. The molecule has 0 atom stereocenters. The van der Waals surface area contributed by atoms with Crippen LogP contribution in [-0.2, 0) is 14.8 Å². The molecular weight excluding hydrogens is 400 g/mol. The molecule has 2 aromatic carbocycles. The number of ether oxygens (including phenoxy) is 1. The first-order chi connectivity index (χ1) is 14.5. The van der Waals surface area contributed by atoms with Gasteiger partial charge in [-0.3, -0.25) is 4.79 Å². The lowest BCUT2D eigenvalue weighted by Crippen LogP contribution is -2.49. The van der Waals surface area contributed by atoms with Gasteiger partial charge in [0.1, 0.15) is 5.75 Å². The van der Waals surface area contributed by atoms with Crippen LogP contribution in [0, 0.1) is 0 Å². The van der Waals surface area contributed by atoms with Gasteiger partial charge in [0, 0.05) is 37.7 Å². The number of rotatable bonds is 7. The van der Waals surface area contributed by atoms with E-state index in [1.807, 2.05) is 61.5 Å². The van der Waals surface area contributed by atoms with E-state index in [0.29, 0.717) is 19.7 Å². The van der Waals surface area contributed by atoms with Gasteiger partial charge in [-0.25, -0.2) is 8.42 Å². The quantitative estimate of drug-likeness (QED) is 0.638. The average molecular weight is 427 g/mol. The van der Waals surface area contributed by atoms with E-state index in [9.17, 15) is 13.2 Å². The molecule has 1 fully saturated rings. The van der Waals surface area contributed by atoms with Crippen LogP contribution in [0.25, 0.3) is 12.2 Å². The van der Waals surface area contributed by atoms with Crippen molar-refractivity contribution in [2.24, 2.45) is 0 Å². The lowest BCUT2D eigenvalue weighted by molar-refractivity contribution is -0.127. The summed E-state index contributed by atoms with van der Waals surface area (Å²) < 4.78 is 31.9. The van der Waals surface area contributed by atoms with Crippen molar-refractivity contribution in [3.8, 4) is 5.75 Å². The van der Waals surface area contributed by atoms with Crippen molar-refractivity contribution in [3.05, 3.63) is 77.2 Å². The first-order valence-electron chi connectivity index (χ1n) is 9.91. The maximum Gasteiger partial charge on any atom is 0.246 e. The first kappa shape index (κ1) is 21.8. The van der Waals surface area contributed by atoms with Crippen LogP contribution in [0.1, 0.15) is 18.1 Å². The van der Waals surface area contributed by atoms with Crippen LogP contribution in [0.4, 0.5) is 0 Å². The normalized spacial score (nSPS) is 15.7. The number of hydrogen-bond donors (Lipinski definition) is 0. The second kappa shape index (κ2) is 10.2. The fourth-order valence-corrected chi connectivity index (χ4v) is 4.27. The summed E-state index contributed by atoms with van der Waals surface area (Å²) in [5.41, 5.74) is 1.73. The molecule has 30 heavy (non-hydrogen) atoms. The maximum absolute atomic E-state index is 12.5. The molecule has 7 heteroatoms. The van der Waals surface area contributed by atoms with Crippen LogP contribution in [0.5, 0.6) is 5.75 Å². The van der Waals surface area contributed by atoms with Gasteiger partial charge in [-0.1, -0.05) is 42.5 Å². The monoisotopic (exact) mass is 426 g/mol. The molecule has 0 spiro atoms. The highest BCUT2D eigenvalue weighted by Crippen LogP contribution is 2.14. The molecule has 0 saturated carbocycles. The number of sulfonamides is 1. The number of amides is 1. The molecule has 1 heterocycles. The van der Waals surface area contributed by atoms with Crippen LogP contribution in [0.2, 0.25) is 0 Å². The standard InChI is InChI=1S/C23H26N2O4S/c1-2-29-22-11-8-21(9-12-22)10-13-23(26)24-15-17-25(18-16-24)30(27,28)19-14-20-6-4-3-5-7-20/h3-14,19H,2,15-18H2,1H3/b13-10+,19-14+. The molecule has 1 aliphatic heterocycles. The van der Waals surface area contributed by atoms with Crippen LogP contribution in [0.15, 0.2) is 66.1 Å². The molecule has 1 amide bonds. The third-order valence-corrected chi connectivity index (χ3v) is 6.32. The Morgan fingerprint density at radius 2 is 1.57 bits per heavy atom. The number of carbonyl (C=O) groups excluding carboxylic acids is 1. The Labute approximate surface area is 178 Å². The molecule has 2 aromatic rings. The zero-order valence-corrected chi connectivity index (χ0v) is 17.8. The fraction of sp³-hybridized carbons (Fsp3) is 0.261. The van der Waals surface area contributed by atoms with Gasteiger partial charge in [-0.05, 0) is 42.3 Å². The molecule has 158 valence electrons. The van der Waals surface area contributed by atoms with E-state index < -0.39 is 10.0 Å². The molecule has 6 nitrogen and oxygen atoms in total. The van der Waals surface area contributed by atoms with Crippen LogP contribution in [0.3, 0.4) is 0 Å². The number of piperazine rings is 1. The summed E-state index contributed by atoms with van der Waals surface area (Å²) in [5.74, 6) is 0.667. The second-order valence-electron chi connectivity index (χ2n) is 6.82. The van der Waals surface area contributed by atoms with E-state index in [1.165, 1.54) is 15.8 Å². The molecule has 0 aliphatic carbocycles. The maximum atomic E-state index is 12.5. The molecule has 3 rings (SSSR count). The smallest absolute Gasteiger partial charge is 0.246 e. The fourth-order valence-electron chi connectivity index (χ4n) is 3.09.